The average Bonchev–Trinajstić information content (AvgIpc) is 2.45. The van der Waals surface area contributed by atoms with Gasteiger partial charge in [-0.05, 0) is 38.1 Å². The van der Waals surface area contributed by atoms with Gasteiger partial charge in [0.1, 0.15) is 23.9 Å². The normalized spacial score (nSPS) is 12.0. The minimum Gasteiger partial charge on any atom is -0.496 e. The van der Waals surface area contributed by atoms with E-state index in [9.17, 15) is 9.50 Å². The van der Waals surface area contributed by atoms with Crippen LogP contribution in [0.15, 0.2) is 36.4 Å². The molecule has 1 unspecified atom stereocenters. The third-order valence-corrected chi connectivity index (χ3v) is 3.24. The average molecular weight is 290 g/mol. The lowest BCUT2D eigenvalue weighted by Gasteiger charge is -2.15. The smallest absolute Gasteiger partial charge is 0.128 e. The van der Waals surface area contributed by atoms with Crippen molar-refractivity contribution in [1.29, 1.82) is 0 Å². The quantitative estimate of drug-likeness (QED) is 0.911. The molecule has 21 heavy (non-hydrogen) atoms. The fourth-order valence-corrected chi connectivity index (χ4v) is 2.15. The maximum atomic E-state index is 13.4. The summed E-state index contributed by atoms with van der Waals surface area (Å²) in [5.41, 5.74) is 2.52. The summed E-state index contributed by atoms with van der Waals surface area (Å²) in [5.74, 6) is 0.662. The van der Waals surface area contributed by atoms with E-state index in [1.165, 1.54) is 18.2 Å². The molecule has 1 atom stereocenters. The van der Waals surface area contributed by atoms with Gasteiger partial charge in [0.2, 0.25) is 0 Å². The van der Waals surface area contributed by atoms with Crippen LogP contribution in [0.2, 0.25) is 0 Å². The Kier molecular flexibility index (Phi) is 4.81. The number of halogens is 1. The van der Waals surface area contributed by atoms with Crippen molar-refractivity contribution in [2.75, 3.05) is 7.11 Å². The molecule has 112 valence electrons. The number of methoxy groups -OCH3 is 1. The lowest BCUT2D eigenvalue weighted by molar-refractivity contribution is 0.189. The highest BCUT2D eigenvalue weighted by molar-refractivity contribution is 5.39. The van der Waals surface area contributed by atoms with E-state index >= 15 is 0 Å². The first-order chi connectivity index (χ1) is 10.0. The van der Waals surface area contributed by atoms with Gasteiger partial charge in [0.15, 0.2) is 0 Å². The molecule has 0 aliphatic heterocycles. The molecule has 0 spiro atoms. The zero-order valence-electron chi connectivity index (χ0n) is 12.4. The summed E-state index contributed by atoms with van der Waals surface area (Å²) in [6.45, 7) is 3.84. The van der Waals surface area contributed by atoms with Crippen molar-refractivity contribution in [1.82, 2.24) is 0 Å². The summed E-state index contributed by atoms with van der Waals surface area (Å²) in [4.78, 5) is 0. The zero-order chi connectivity index (χ0) is 15.4. The third-order valence-electron chi connectivity index (χ3n) is 3.24. The SMILES string of the molecule is COc1ccc(C)cc1COc1cc(F)ccc1C(C)O. The summed E-state index contributed by atoms with van der Waals surface area (Å²) in [7, 11) is 1.59. The molecule has 0 amide bonds. The second-order valence-corrected chi connectivity index (χ2v) is 4.96. The number of hydrogen-bond donors (Lipinski definition) is 1. The fourth-order valence-electron chi connectivity index (χ4n) is 2.15. The van der Waals surface area contributed by atoms with Crippen molar-refractivity contribution in [2.45, 2.75) is 26.6 Å². The van der Waals surface area contributed by atoms with E-state index in [2.05, 4.69) is 0 Å². The molecule has 0 saturated heterocycles. The molecule has 0 aliphatic rings. The number of rotatable bonds is 5. The van der Waals surface area contributed by atoms with Gasteiger partial charge in [-0.15, -0.1) is 0 Å². The molecule has 0 bridgehead atoms. The zero-order valence-corrected chi connectivity index (χ0v) is 12.4. The summed E-state index contributed by atoms with van der Waals surface area (Å²) in [6.07, 6.45) is -0.722. The molecule has 3 nitrogen and oxygen atoms in total. The summed E-state index contributed by atoms with van der Waals surface area (Å²) < 4.78 is 24.3. The molecule has 0 fully saturated rings. The Morgan fingerprint density at radius 1 is 1.14 bits per heavy atom. The van der Waals surface area contributed by atoms with E-state index in [1.807, 2.05) is 25.1 Å². The first kappa shape index (κ1) is 15.3. The Hall–Kier alpha value is -2.07. The van der Waals surface area contributed by atoms with Gasteiger partial charge >= 0.3 is 0 Å². The highest BCUT2D eigenvalue weighted by Crippen LogP contribution is 2.28. The van der Waals surface area contributed by atoms with Gasteiger partial charge in [-0.1, -0.05) is 11.6 Å². The summed E-state index contributed by atoms with van der Waals surface area (Å²) in [6, 6.07) is 9.90. The highest BCUT2D eigenvalue weighted by atomic mass is 19.1. The van der Waals surface area contributed by atoms with E-state index in [1.54, 1.807) is 14.0 Å². The van der Waals surface area contributed by atoms with Crippen molar-refractivity contribution < 1.29 is 19.0 Å². The van der Waals surface area contributed by atoms with Crippen molar-refractivity contribution in [3.8, 4) is 11.5 Å². The van der Waals surface area contributed by atoms with E-state index in [4.69, 9.17) is 9.47 Å². The van der Waals surface area contributed by atoms with Gasteiger partial charge in [-0.25, -0.2) is 4.39 Å². The van der Waals surface area contributed by atoms with Crippen LogP contribution in [0.5, 0.6) is 11.5 Å². The maximum absolute atomic E-state index is 13.4. The monoisotopic (exact) mass is 290 g/mol. The molecule has 0 aliphatic carbocycles. The van der Waals surface area contributed by atoms with Crippen molar-refractivity contribution in [3.63, 3.8) is 0 Å². The number of aryl methyl sites for hydroxylation is 1. The molecular formula is C17H19FO3. The molecule has 2 rings (SSSR count). The van der Waals surface area contributed by atoms with Crippen LogP contribution in [-0.2, 0) is 6.61 Å². The summed E-state index contributed by atoms with van der Waals surface area (Å²) >= 11 is 0. The first-order valence-corrected chi connectivity index (χ1v) is 6.75. The van der Waals surface area contributed by atoms with Gasteiger partial charge in [0.05, 0.1) is 13.2 Å². The van der Waals surface area contributed by atoms with Crippen molar-refractivity contribution in [3.05, 3.63) is 58.9 Å². The minimum absolute atomic E-state index is 0.244. The van der Waals surface area contributed by atoms with Gasteiger partial charge < -0.3 is 14.6 Å². The van der Waals surface area contributed by atoms with Crippen LogP contribution in [0.4, 0.5) is 4.39 Å². The van der Waals surface area contributed by atoms with Crippen LogP contribution < -0.4 is 9.47 Å². The van der Waals surface area contributed by atoms with Crippen LogP contribution in [-0.4, -0.2) is 12.2 Å². The van der Waals surface area contributed by atoms with Crippen LogP contribution in [0.25, 0.3) is 0 Å². The Balaban J connectivity index is 2.24. The van der Waals surface area contributed by atoms with Gasteiger partial charge in [0, 0.05) is 17.2 Å². The van der Waals surface area contributed by atoms with Gasteiger partial charge in [-0.2, -0.15) is 0 Å². The molecule has 2 aromatic carbocycles. The second-order valence-electron chi connectivity index (χ2n) is 4.96. The maximum Gasteiger partial charge on any atom is 0.128 e. The molecule has 0 saturated carbocycles. The first-order valence-electron chi connectivity index (χ1n) is 6.75. The lowest BCUT2D eigenvalue weighted by Crippen LogP contribution is -2.03. The molecule has 2 aromatic rings. The molecule has 0 radical (unpaired) electrons. The topological polar surface area (TPSA) is 38.7 Å². The van der Waals surface area contributed by atoms with Crippen LogP contribution >= 0.6 is 0 Å². The van der Waals surface area contributed by atoms with Crippen LogP contribution in [0.1, 0.15) is 29.7 Å². The van der Waals surface area contributed by atoms with Gasteiger partial charge in [-0.3, -0.25) is 0 Å². The number of aliphatic hydroxyl groups excluding tert-OH is 1. The Labute approximate surface area is 124 Å². The third kappa shape index (κ3) is 3.73. The van der Waals surface area contributed by atoms with E-state index in [0.29, 0.717) is 11.3 Å². The summed E-state index contributed by atoms with van der Waals surface area (Å²) in [5, 5.41) is 9.71. The molecule has 4 heteroatoms. The van der Waals surface area contributed by atoms with Crippen molar-refractivity contribution in [2.24, 2.45) is 0 Å². The molecule has 0 aromatic heterocycles. The lowest BCUT2D eigenvalue weighted by atomic mass is 10.1. The second kappa shape index (κ2) is 6.59. The van der Waals surface area contributed by atoms with Crippen LogP contribution in [0.3, 0.4) is 0 Å². The Bertz CT molecular complexity index is 623. The predicted molar refractivity (Wildman–Crippen MR) is 79.1 cm³/mol. The number of aliphatic hydroxyl groups is 1. The highest BCUT2D eigenvalue weighted by Gasteiger charge is 2.12. The predicted octanol–water partition coefficient (Wildman–Crippen LogP) is 3.78. The molecule has 1 N–H and O–H groups in total. The van der Waals surface area contributed by atoms with E-state index in [0.717, 1.165) is 16.9 Å². The van der Waals surface area contributed by atoms with Crippen molar-refractivity contribution >= 4 is 0 Å². The largest absolute Gasteiger partial charge is 0.496 e. The fraction of sp³-hybridized carbons (Fsp3) is 0.294. The molecule has 0 heterocycles. The minimum atomic E-state index is -0.722. The number of benzene rings is 2. The molecular weight excluding hydrogens is 271 g/mol. The van der Waals surface area contributed by atoms with E-state index in [-0.39, 0.29) is 6.61 Å². The Morgan fingerprint density at radius 2 is 1.90 bits per heavy atom. The number of ether oxygens (including phenoxy) is 2. The number of hydrogen-bond acceptors (Lipinski definition) is 3. The van der Waals surface area contributed by atoms with Crippen LogP contribution in [0, 0.1) is 12.7 Å². The van der Waals surface area contributed by atoms with E-state index < -0.39 is 11.9 Å². The standard InChI is InChI=1S/C17H19FO3/c1-11-4-7-16(20-3)13(8-11)10-21-17-9-14(18)5-6-15(17)12(2)19/h4-9,12,19H,10H2,1-3H3. The Morgan fingerprint density at radius 3 is 2.57 bits per heavy atom. The van der Waals surface area contributed by atoms with Gasteiger partial charge in [0.25, 0.3) is 0 Å².